The van der Waals surface area contributed by atoms with E-state index in [1.165, 1.54) is 0 Å². The third-order valence-electron chi connectivity index (χ3n) is 1.53. The molecule has 0 aromatic carbocycles. The van der Waals surface area contributed by atoms with E-state index in [0.717, 1.165) is 13.0 Å². The zero-order chi connectivity index (χ0) is 8.27. The molecule has 0 aliphatic heterocycles. The third-order valence-corrected chi connectivity index (χ3v) is 1.53. The molecule has 4 nitrogen and oxygen atoms in total. The van der Waals surface area contributed by atoms with Gasteiger partial charge in [0.25, 0.3) is 0 Å². The number of rotatable bonds is 3. The summed E-state index contributed by atoms with van der Waals surface area (Å²) in [7, 11) is 1.86. The van der Waals surface area contributed by atoms with Crippen LogP contribution in [0.25, 0.3) is 0 Å². The highest BCUT2D eigenvalue weighted by atomic mass is 16.5. The van der Waals surface area contributed by atoms with Gasteiger partial charge >= 0.3 is 5.63 Å². The second-order valence-corrected chi connectivity index (χ2v) is 2.46. The second kappa shape index (κ2) is 3.27. The van der Waals surface area contributed by atoms with Crippen LogP contribution in [-0.4, -0.2) is 18.7 Å². The Morgan fingerprint density at radius 3 is 2.91 bits per heavy atom. The minimum Gasteiger partial charge on any atom is -0.367 e. The average molecular weight is 156 g/mol. The fraction of sp³-hybridized carbons (Fsp3) is 0.571. The van der Waals surface area contributed by atoms with Gasteiger partial charge in [-0.25, -0.2) is 9.95 Å². The molecule has 0 bridgehead atoms. The summed E-state index contributed by atoms with van der Waals surface area (Å²) in [5.41, 5.74) is 0.285. The molecule has 1 rings (SSSR count). The van der Waals surface area contributed by atoms with E-state index in [9.17, 15) is 4.79 Å². The number of H-pyrrole nitrogens is 1. The molecular formula is C7H12N2O2. The van der Waals surface area contributed by atoms with Gasteiger partial charge in [-0.3, -0.25) is 0 Å². The molecule has 0 amide bonds. The van der Waals surface area contributed by atoms with E-state index in [1.807, 2.05) is 11.9 Å². The van der Waals surface area contributed by atoms with E-state index in [1.54, 1.807) is 6.20 Å². The Balaban J connectivity index is 2.75. The summed E-state index contributed by atoms with van der Waals surface area (Å²) in [6.07, 6.45) is 2.58. The molecule has 0 radical (unpaired) electrons. The van der Waals surface area contributed by atoms with Crippen molar-refractivity contribution < 1.29 is 4.52 Å². The van der Waals surface area contributed by atoms with Crippen LogP contribution in [0.3, 0.4) is 0 Å². The highest BCUT2D eigenvalue weighted by Gasteiger charge is 2.05. The highest BCUT2D eigenvalue weighted by Crippen LogP contribution is 2.03. The van der Waals surface area contributed by atoms with Crippen LogP contribution < -0.4 is 10.5 Å². The van der Waals surface area contributed by atoms with E-state index in [0.29, 0.717) is 5.69 Å². The minimum atomic E-state index is -0.305. The Hall–Kier alpha value is -1.19. The molecule has 1 aromatic rings. The van der Waals surface area contributed by atoms with Crippen molar-refractivity contribution in [1.82, 2.24) is 5.16 Å². The molecule has 0 aliphatic carbocycles. The summed E-state index contributed by atoms with van der Waals surface area (Å²) in [6.45, 7) is 2.92. The molecule has 4 heteroatoms. The fourth-order valence-corrected chi connectivity index (χ4v) is 0.972. The zero-order valence-electron chi connectivity index (χ0n) is 6.76. The standard InChI is InChI=1S/C7H12N2O2/c1-3-4-9(2)6-5-8-11-7(6)10/h5,8H,3-4H2,1-2H3. The maximum atomic E-state index is 10.9. The molecule has 1 aromatic heterocycles. The molecular weight excluding hydrogens is 144 g/mol. The van der Waals surface area contributed by atoms with Crippen molar-refractivity contribution in [1.29, 1.82) is 0 Å². The second-order valence-electron chi connectivity index (χ2n) is 2.46. The molecule has 62 valence electrons. The highest BCUT2D eigenvalue weighted by molar-refractivity contribution is 5.39. The van der Waals surface area contributed by atoms with Gasteiger partial charge in [0.1, 0.15) is 5.69 Å². The molecule has 0 atom stereocenters. The first kappa shape index (κ1) is 7.91. The maximum absolute atomic E-state index is 10.9. The lowest BCUT2D eigenvalue weighted by Gasteiger charge is -2.12. The van der Waals surface area contributed by atoms with E-state index in [-0.39, 0.29) is 5.63 Å². The number of nitrogens with one attached hydrogen (secondary N) is 1. The quantitative estimate of drug-likeness (QED) is 0.704. The molecule has 0 aliphatic rings. The lowest BCUT2D eigenvalue weighted by molar-refractivity contribution is 0.391. The van der Waals surface area contributed by atoms with E-state index in [2.05, 4.69) is 16.6 Å². The summed E-state index contributed by atoms with van der Waals surface area (Å²) in [5, 5.41) is 2.41. The predicted octanol–water partition coefficient (Wildman–Crippen LogP) is 0.814. The molecule has 0 unspecified atom stereocenters. The van der Waals surface area contributed by atoms with E-state index < -0.39 is 0 Å². The Labute approximate surface area is 64.8 Å². The summed E-state index contributed by atoms with van der Waals surface area (Å²) in [4.78, 5) is 12.8. The molecule has 1 heterocycles. The molecule has 0 saturated carbocycles. The van der Waals surface area contributed by atoms with Gasteiger partial charge in [0.05, 0.1) is 6.20 Å². The van der Waals surface area contributed by atoms with Crippen molar-refractivity contribution in [2.24, 2.45) is 0 Å². The van der Waals surface area contributed by atoms with Crippen molar-refractivity contribution in [3.8, 4) is 0 Å². The Morgan fingerprint density at radius 1 is 1.73 bits per heavy atom. The lowest BCUT2D eigenvalue weighted by Crippen LogP contribution is -2.21. The number of hydrogen-bond donors (Lipinski definition) is 1. The van der Waals surface area contributed by atoms with Gasteiger partial charge in [-0.15, -0.1) is 0 Å². The minimum absolute atomic E-state index is 0.305. The largest absolute Gasteiger partial charge is 0.380 e. The van der Waals surface area contributed by atoms with Crippen molar-refractivity contribution in [3.05, 3.63) is 16.6 Å². The molecule has 0 fully saturated rings. The van der Waals surface area contributed by atoms with Crippen molar-refractivity contribution in [2.45, 2.75) is 13.3 Å². The van der Waals surface area contributed by atoms with E-state index in [4.69, 9.17) is 0 Å². The molecule has 0 saturated heterocycles. The summed E-state index contributed by atoms with van der Waals surface area (Å²) in [5.74, 6) is 0. The van der Waals surface area contributed by atoms with Crippen molar-refractivity contribution in [3.63, 3.8) is 0 Å². The normalized spacial score (nSPS) is 10.0. The molecule has 0 spiro atoms. The first-order chi connectivity index (χ1) is 5.25. The van der Waals surface area contributed by atoms with Crippen LogP contribution in [0.4, 0.5) is 5.69 Å². The number of hydrogen-bond acceptors (Lipinski definition) is 3. The van der Waals surface area contributed by atoms with Crippen LogP contribution in [0.2, 0.25) is 0 Å². The van der Waals surface area contributed by atoms with Gasteiger partial charge in [-0.05, 0) is 6.42 Å². The number of nitrogens with zero attached hydrogens (tertiary/aromatic N) is 1. The van der Waals surface area contributed by atoms with Gasteiger partial charge in [0, 0.05) is 13.6 Å². The van der Waals surface area contributed by atoms with Crippen molar-refractivity contribution >= 4 is 5.69 Å². The average Bonchev–Trinajstić information content (AvgIpc) is 2.36. The summed E-state index contributed by atoms with van der Waals surface area (Å²) in [6, 6.07) is 0. The number of anilines is 1. The topological polar surface area (TPSA) is 49.2 Å². The van der Waals surface area contributed by atoms with Gasteiger partial charge < -0.3 is 9.42 Å². The van der Waals surface area contributed by atoms with E-state index >= 15 is 0 Å². The van der Waals surface area contributed by atoms with Crippen LogP contribution in [0.15, 0.2) is 15.5 Å². The smallest absolute Gasteiger partial charge is 0.367 e. The van der Waals surface area contributed by atoms with Crippen LogP contribution >= 0.6 is 0 Å². The van der Waals surface area contributed by atoms with Crippen LogP contribution in [0.5, 0.6) is 0 Å². The van der Waals surface area contributed by atoms with Gasteiger partial charge in [-0.2, -0.15) is 0 Å². The van der Waals surface area contributed by atoms with Crippen LogP contribution in [0.1, 0.15) is 13.3 Å². The van der Waals surface area contributed by atoms with Gasteiger partial charge in [-0.1, -0.05) is 6.92 Å². The maximum Gasteiger partial charge on any atom is 0.380 e. The molecule has 1 N–H and O–H groups in total. The molecule has 11 heavy (non-hydrogen) atoms. The number of aromatic amines is 1. The Kier molecular flexibility index (Phi) is 2.36. The Bertz CT molecular complexity index is 263. The monoisotopic (exact) mass is 156 g/mol. The fourth-order valence-electron chi connectivity index (χ4n) is 0.972. The van der Waals surface area contributed by atoms with Gasteiger partial charge in [0.15, 0.2) is 0 Å². The van der Waals surface area contributed by atoms with Crippen LogP contribution in [-0.2, 0) is 0 Å². The zero-order valence-corrected chi connectivity index (χ0v) is 6.76. The summed E-state index contributed by atoms with van der Waals surface area (Å²) < 4.78 is 4.51. The Morgan fingerprint density at radius 2 is 2.45 bits per heavy atom. The predicted molar refractivity (Wildman–Crippen MR) is 42.9 cm³/mol. The van der Waals surface area contributed by atoms with Crippen LogP contribution in [0, 0.1) is 0 Å². The lowest BCUT2D eigenvalue weighted by atomic mass is 10.4. The summed E-state index contributed by atoms with van der Waals surface area (Å²) >= 11 is 0. The number of aromatic nitrogens is 1. The third kappa shape index (κ3) is 1.63. The first-order valence-electron chi connectivity index (χ1n) is 3.63. The SMILES string of the molecule is CCCN(C)c1c[nH]oc1=O. The van der Waals surface area contributed by atoms with Crippen molar-refractivity contribution in [2.75, 3.05) is 18.5 Å². The first-order valence-corrected chi connectivity index (χ1v) is 3.63. The van der Waals surface area contributed by atoms with Gasteiger partial charge in [0.2, 0.25) is 0 Å².